The van der Waals surface area contributed by atoms with Crippen LogP contribution in [0.3, 0.4) is 0 Å². The van der Waals surface area contributed by atoms with Crippen LogP contribution in [0, 0.1) is 5.92 Å². The number of carbonyl (C=O) groups excluding carboxylic acids is 1. The Morgan fingerprint density at radius 3 is 2.49 bits per heavy atom. The lowest BCUT2D eigenvalue weighted by Gasteiger charge is -2.38. The molecule has 2 fully saturated rings. The molecule has 1 aliphatic heterocycles. The zero-order chi connectivity index (χ0) is 30.3. The van der Waals surface area contributed by atoms with Gasteiger partial charge < -0.3 is 19.3 Å². The fourth-order valence-electron chi connectivity index (χ4n) is 6.42. The number of sulfonamides is 1. The van der Waals surface area contributed by atoms with E-state index in [-0.39, 0.29) is 35.2 Å². The first-order valence-corrected chi connectivity index (χ1v) is 16.7. The molecule has 0 spiro atoms. The van der Waals surface area contributed by atoms with Crippen LogP contribution in [0.15, 0.2) is 59.0 Å². The van der Waals surface area contributed by atoms with Crippen molar-refractivity contribution in [2.45, 2.75) is 61.9 Å². The van der Waals surface area contributed by atoms with Gasteiger partial charge in [0.25, 0.3) is 0 Å². The molecule has 6 rings (SSSR count). The minimum absolute atomic E-state index is 0.0575. The number of carboxylic acids is 1. The monoisotopic (exact) mass is 625 g/mol. The number of aryl methyl sites for hydroxylation is 2. The Morgan fingerprint density at radius 1 is 1.09 bits per heavy atom. The molecule has 0 radical (unpaired) electrons. The van der Waals surface area contributed by atoms with Gasteiger partial charge in [-0.25, -0.2) is 13.1 Å². The van der Waals surface area contributed by atoms with E-state index in [4.69, 9.17) is 21.4 Å². The molecule has 2 aliphatic carbocycles. The van der Waals surface area contributed by atoms with E-state index >= 15 is 0 Å². The predicted molar refractivity (Wildman–Crippen MR) is 164 cm³/mol. The van der Waals surface area contributed by atoms with Crippen LogP contribution >= 0.6 is 11.6 Å². The summed E-state index contributed by atoms with van der Waals surface area (Å²) in [7, 11) is -1.95. The molecule has 1 atom stereocenters. The number of aliphatic carboxylic acids is 1. The lowest BCUT2D eigenvalue weighted by atomic mass is 9.85. The zero-order valence-corrected chi connectivity index (χ0v) is 25.7. The predicted octanol–water partition coefficient (Wildman–Crippen LogP) is 4.91. The third-order valence-corrected chi connectivity index (χ3v) is 10.9. The summed E-state index contributed by atoms with van der Waals surface area (Å²) < 4.78 is 37.3. The van der Waals surface area contributed by atoms with Crippen LogP contribution in [0.5, 0.6) is 0 Å². The number of nitrogens with one attached hydrogen (secondary N) is 1. The summed E-state index contributed by atoms with van der Waals surface area (Å²) in [5, 5.41) is 10.2. The molecule has 2 heterocycles. The van der Waals surface area contributed by atoms with E-state index in [2.05, 4.69) is 10.8 Å². The molecule has 0 unspecified atom stereocenters. The molecule has 3 aliphatic rings. The minimum atomic E-state index is -3.80. The van der Waals surface area contributed by atoms with Gasteiger partial charge in [0.15, 0.2) is 0 Å². The van der Waals surface area contributed by atoms with Gasteiger partial charge in [-0.3, -0.25) is 9.59 Å². The van der Waals surface area contributed by atoms with Gasteiger partial charge in [-0.1, -0.05) is 41.9 Å². The van der Waals surface area contributed by atoms with E-state index in [1.54, 1.807) is 18.2 Å². The normalized spacial score (nSPS) is 22.4. The number of hydrogen-bond acceptors (Lipinski definition) is 5. The lowest BCUT2D eigenvalue weighted by Crippen LogP contribution is -2.51. The van der Waals surface area contributed by atoms with Crippen LogP contribution < -0.4 is 4.72 Å². The van der Waals surface area contributed by atoms with Gasteiger partial charge >= 0.3 is 5.97 Å². The molecule has 9 nitrogen and oxygen atoms in total. The third kappa shape index (κ3) is 6.24. The Labute approximate surface area is 256 Å². The number of amides is 1. The smallest absolute Gasteiger partial charge is 0.303 e. The van der Waals surface area contributed by atoms with Gasteiger partial charge in [0.1, 0.15) is 0 Å². The van der Waals surface area contributed by atoms with Crippen LogP contribution in [-0.4, -0.2) is 66.7 Å². The van der Waals surface area contributed by atoms with E-state index < -0.39 is 16.0 Å². The van der Waals surface area contributed by atoms with Crippen LogP contribution in [0.2, 0.25) is 5.02 Å². The first-order valence-electron chi connectivity index (χ1n) is 14.8. The van der Waals surface area contributed by atoms with Crippen molar-refractivity contribution in [3.05, 3.63) is 64.7 Å². The van der Waals surface area contributed by atoms with E-state index in [9.17, 15) is 18.0 Å². The molecule has 1 saturated heterocycles. The number of nitrogens with zero attached hydrogens (tertiary/aromatic N) is 2. The third-order valence-electron chi connectivity index (χ3n) is 8.95. The topological polar surface area (TPSA) is 118 Å². The van der Waals surface area contributed by atoms with Crippen LogP contribution in [0.4, 0.5) is 0 Å². The highest BCUT2D eigenvalue weighted by Crippen LogP contribution is 2.38. The summed E-state index contributed by atoms with van der Waals surface area (Å²) in [6, 6.07) is 12.4. The van der Waals surface area contributed by atoms with E-state index in [1.165, 1.54) is 5.57 Å². The van der Waals surface area contributed by atoms with Crippen molar-refractivity contribution in [2.75, 3.05) is 19.8 Å². The lowest BCUT2D eigenvalue weighted by molar-refractivity contribution is -0.143. The highest BCUT2D eigenvalue weighted by Gasteiger charge is 2.38. The second kappa shape index (κ2) is 12.1. The SMILES string of the molecule is Cn1c(-c2ccc(CCC(=O)O)cc2)c(Cl)c2ccc(S(=O)(=O)NC3CCC(C(=O)N4CCOC[C@@H]4C4=CC4)CC3)cc21. The summed E-state index contributed by atoms with van der Waals surface area (Å²) >= 11 is 6.78. The van der Waals surface area contributed by atoms with Gasteiger partial charge in [0.2, 0.25) is 15.9 Å². The summed E-state index contributed by atoms with van der Waals surface area (Å²) in [6.45, 7) is 1.73. The zero-order valence-electron chi connectivity index (χ0n) is 24.1. The van der Waals surface area contributed by atoms with Crippen molar-refractivity contribution in [1.82, 2.24) is 14.2 Å². The summed E-state index contributed by atoms with van der Waals surface area (Å²) in [4.78, 5) is 26.4. The van der Waals surface area contributed by atoms with Crippen molar-refractivity contribution in [3.8, 4) is 11.3 Å². The number of ether oxygens (including phenoxy) is 1. The minimum Gasteiger partial charge on any atom is -0.481 e. The van der Waals surface area contributed by atoms with Gasteiger partial charge in [-0.15, -0.1) is 0 Å². The molecule has 1 aromatic heterocycles. The number of fused-ring (bicyclic) bond motifs is 1. The van der Waals surface area contributed by atoms with E-state index in [1.807, 2.05) is 40.8 Å². The van der Waals surface area contributed by atoms with Gasteiger partial charge in [0, 0.05) is 37.4 Å². The largest absolute Gasteiger partial charge is 0.481 e. The average Bonchev–Trinajstić information content (AvgIpc) is 3.82. The molecule has 1 saturated carbocycles. The van der Waals surface area contributed by atoms with Crippen LogP contribution in [0.25, 0.3) is 22.2 Å². The molecule has 228 valence electrons. The van der Waals surface area contributed by atoms with Gasteiger partial charge in [-0.05, 0) is 73.4 Å². The van der Waals surface area contributed by atoms with E-state index in [0.717, 1.165) is 28.6 Å². The van der Waals surface area contributed by atoms with Crippen molar-refractivity contribution in [3.63, 3.8) is 0 Å². The Kier molecular flexibility index (Phi) is 8.39. The first-order chi connectivity index (χ1) is 20.6. The first kappa shape index (κ1) is 29.9. The molecule has 2 N–H and O–H groups in total. The molecular weight excluding hydrogens is 590 g/mol. The number of aromatic nitrogens is 1. The maximum absolute atomic E-state index is 13.5. The second-order valence-corrected chi connectivity index (χ2v) is 13.9. The highest BCUT2D eigenvalue weighted by molar-refractivity contribution is 7.89. The molecule has 11 heteroatoms. The molecule has 43 heavy (non-hydrogen) atoms. The standard InChI is InChI=1S/C32H36ClN3O6S/c1-35-27-18-25(13-14-26(27)30(33)31(35)22-5-2-20(3-6-22)4-15-29(37)38)43(40,41)34-24-11-9-23(10-12-24)32(39)36-16-17-42-19-28(36)21-7-8-21/h2-3,5-7,13-14,18,23-24,28,34H,4,8-12,15-17,19H2,1H3,(H,37,38)/t23?,24?,28-/m1/s1. The number of morpholine rings is 1. The molecular formula is C32H36ClN3O6S. The maximum atomic E-state index is 13.5. The molecule has 0 bridgehead atoms. The fourth-order valence-corrected chi connectivity index (χ4v) is 8.14. The van der Waals surface area contributed by atoms with Crippen LogP contribution in [0.1, 0.15) is 44.1 Å². The van der Waals surface area contributed by atoms with E-state index in [0.29, 0.717) is 62.4 Å². The molecule has 2 aromatic carbocycles. The van der Waals surface area contributed by atoms with Crippen molar-refractivity contribution >= 4 is 44.4 Å². The Bertz CT molecular complexity index is 1690. The Balaban J connectivity index is 1.13. The second-order valence-electron chi connectivity index (χ2n) is 11.8. The number of benzene rings is 2. The average molecular weight is 626 g/mol. The van der Waals surface area contributed by atoms with Crippen molar-refractivity contribution in [2.24, 2.45) is 13.0 Å². The van der Waals surface area contributed by atoms with Crippen molar-refractivity contribution < 1.29 is 27.9 Å². The number of allylic oxidation sites excluding steroid dienone is 1. The number of carbonyl (C=O) groups is 2. The number of halogens is 1. The molecule has 3 aromatic rings. The Morgan fingerprint density at radius 2 is 1.81 bits per heavy atom. The highest BCUT2D eigenvalue weighted by atomic mass is 35.5. The van der Waals surface area contributed by atoms with Gasteiger partial charge in [-0.2, -0.15) is 0 Å². The molecule has 1 amide bonds. The van der Waals surface area contributed by atoms with Crippen LogP contribution in [-0.2, 0) is 37.8 Å². The Hall–Kier alpha value is -3.18. The quantitative estimate of drug-likeness (QED) is 0.326. The number of hydrogen-bond donors (Lipinski definition) is 2. The summed E-state index contributed by atoms with van der Waals surface area (Å²) in [5.41, 5.74) is 4.50. The summed E-state index contributed by atoms with van der Waals surface area (Å²) in [5.74, 6) is -0.765. The van der Waals surface area contributed by atoms with Crippen molar-refractivity contribution in [1.29, 1.82) is 0 Å². The number of rotatable bonds is 9. The summed E-state index contributed by atoms with van der Waals surface area (Å²) in [6.07, 6.45) is 6.13. The number of carboxylic acid groups (broad SMARTS) is 1. The fraction of sp³-hybridized carbons (Fsp3) is 0.438. The van der Waals surface area contributed by atoms with Gasteiger partial charge in [0.05, 0.1) is 40.4 Å². The maximum Gasteiger partial charge on any atom is 0.303 e.